The van der Waals surface area contributed by atoms with E-state index < -0.39 is 0 Å². The summed E-state index contributed by atoms with van der Waals surface area (Å²) in [5, 5.41) is 13.3. The number of carbonyl (C=O) groups excluding carboxylic acids is 1. The van der Waals surface area contributed by atoms with Gasteiger partial charge in [0.15, 0.2) is 0 Å². The predicted molar refractivity (Wildman–Crippen MR) is 102 cm³/mol. The average Bonchev–Trinajstić information content (AvgIpc) is 3.33. The number of ether oxygens (including phenoxy) is 1. The van der Waals surface area contributed by atoms with E-state index in [0.717, 1.165) is 33.1 Å². The van der Waals surface area contributed by atoms with Gasteiger partial charge in [0.1, 0.15) is 10.0 Å². The molecule has 0 bridgehead atoms. The van der Waals surface area contributed by atoms with Crippen molar-refractivity contribution in [3.63, 3.8) is 0 Å². The maximum Gasteiger partial charge on any atom is 0.251 e. The van der Waals surface area contributed by atoms with Crippen molar-refractivity contribution in [3.05, 3.63) is 59.1 Å². The van der Waals surface area contributed by atoms with Gasteiger partial charge in [0, 0.05) is 17.7 Å². The van der Waals surface area contributed by atoms with E-state index in [4.69, 9.17) is 4.74 Å². The van der Waals surface area contributed by atoms with Gasteiger partial charge in [-0.3, -0.25) is 4.79 Å². The predicted octanol–water partition coefficient (Wildman–Crippen LogP) is 3.70. The van der Waals surface area contributed by atoms with Crippen LogP contribution in [-0.2, 0) is 4.74 Å². The molecule has 6 heteroatoms. The first-order valence-electron chi connectivity index (χ1n) is 8.59. The summed E-state index contributed by atoms with van der Waals surface area (Å²) in [5.74, 6) is -0.0633. The molecule has 1 aliphatic rings. The summed E-state index contributed by atoms with van der Waals surface area (Å²) < 4.78 is 5.33. The minimum absolute atomic E-state index is 0.0633. The second kappa shape index (κ2) is 7.35. The normalized spacial score (nSPS) is 16.6. The zero-order chi connectivity index (χ0) is 17.9. The Labute approximate surface area is 156 Å². The highest BCUT2D eigenvalue weighted by atomic mass is 32.1. The summed E-state index contributed by atoms with van der Waals surface area (Å²) in [6.45, 7) is 3.24. The first kappa shape index (κ1) is 16.9. The van der Waals surface area contributed by atoms with Crippen LogP contribution in [0.4, 0.5) is 0 Å². The molecule has 3 aromatic rings. The number of nitrogens with one attached hydrogen (secondary N) is 1. The van der Waals surface area contributed by atoms with Gasteiger partial charge in [-0.25, -0.2) is 0 Å². The number of carbonyl (C=O) groups is 1. The van der Waals surface area contributed by atoms with Gasteiger partial charge < -0.3 is 10.1 Å². The Balaban J connectivity index is 1.66. The Morgan fingerprint density at radius 2 is 2.00 bits per heavy atom. The van der Waals surface area contributed by atoms with Crippen molar-refractivity contribution in [2.75, 3.05) is 13.2 Å². The summed E-state index contributed by atoms with van der Waals surface area (Å²) in [7, 11) is 0. The molecular formula is C20H19N3O2S. The topological polar surface area (TPSA) is 64.1 Å². The molecule has 0 aliphatic carbocycles. The lowest BCUT2D eigenvalue weighted by Crippen LogP contribution is -2.34. The minimum atomic E-state index is -0.0633. The second-order valence-corrected chi connectivity index (χ2v) is 7.47. The van der Waals surface area contributed by atoms with E-state index in [0.29, 0.717) is 18.8 Å². The average molecular weight is 365 g/mol. The highest BCUT2D eigenvalue weighted by Gasteiger charge is 2.19. The molecule has 0 spiro atoms. The molecule has 5 nitrogen and oxygen atoms in total. The third-order valence-corrected chi connectivity index (χ3v) is 5.26. The first-order chi connectivity index (χ1) is 12.7. The zero-order valence-corrected chi connectivity index (χ0v) is 15.3. The summed E-state index contributed by atoms with van der Waals surface area (Å²) in [6, 6.07) is 15.9. The van der Waals surface area contributed by atoms with Gasteiger partial charge in [-0.15, -0.1) is 10.2 Å². The smallest absolute Gasteiger partial charge is 0.251 e. The van der Waals surface area contributed by atoms with E-state index in [2.05, 4.69) is 15.5 Å². The molecule has 2 aromatic carbocycles. The van der Waals surface area contributed by atoms with Crippen LogP contribution in [0.1, 0.15) is 21.8 Å². The Kier molecular flexibility index (Phi) is 4.77. The Bertz CT molecular complexity index is 932. The van der Waals surface area contributed by atoms with Crippen LogP contribution in [0, 0.1) is 6.92 Å². The minimum Gasteiger partial charge on any atom is -0.379 e. The first-order valence-corrected chi connectivity index (χ1v) is 9.41. The van der Waals surface area contributed by atoms with Gasteiger partial charge >= 0.3 is 0 Å². The number of aryl methyl sites for hydroxylation is 1. The molecule has 1 N–H and O–H groups in total. The van der Waals surface area contributed by atoms with Crippen LogP contribution >= 0.6 is 11.3 Å². The fourth-order valence-corrected chi connectivity index (χ4v) is 3.80. The van der Waals surface area contributed by atoms with Crippen LogP contribution in [0.25, 0.3) is 21.7 Å². The van der Waals surface area contributed by atoms with Crippen molar-refractivity contribution in [2.45, 2.75) is 19.4 Å². The van der Waals surface area contributed by atoms with Crippen LogP contribution < -0.4 is 5.32 Å². The molecular weight excluding hydrogens is 346 g/mol. The monoisotopic (exact) mass is 365 g/mol. The third-order valence-electron chi connectivity index (χ3n) is 4.38. The SMILES string of the molecule is Cc1nnc(-c2ccccc2-c2cccc(C(=O)N[C@H]3CCOC3)c2)s1. The van der Waals surface area contributed by atoms with E-state index in [1.165, 1.54) is 0 Å². The largest absolute Gasteiger partial charge is 0.379 e. The molecule has 0 radical (unpaired) electrons. The van der Waals surface area contributed by atoms with Crippen LogP contribution in [0.3, 0.4) is 0 Å². The molecule has 0 saturated carbocycles. The number of benzene rings is 2. The molecule has 1 fully saturated rings. The van der Waals surface area contributed by atoms with Crippen molar-refractivity contribution in [2.24, 2.45) is 0 Å². The van der Waals surface area contributed by atoms with Crippen LogP contribution in [0.2, 0.25) is 0 Å². The number of nitrogens with zero attached hydrogens (tertiary/aromatic N) is 2. The highest BCUT2D eigenvalue weighted by Crippen LogP contribution is 2.33. The van der Waals surface area contributed by atoms with Crippen molar-refractivity contribution in [1.82, 2.24) is 15.5 Å². The number of hydrogen-bond acceptors (Lipinski definition) is 5. The summed E-state index contributed by atoms with van der Waals surface area (Å²) >= 11 is 1.57. The van der Waals surface area contributed by atoms with Crippen molar-refractivity contribution in [3.8, 4) is 21.7 Å². The van der Waals surface area contributed by atoms with E-state index in [1.807, 2.05) is 55.5 Å². The summed E-state index contributed by atoms with van der Waals surface area (Å²) in [4.78, 5) is 12.6. The molecule has 0 unspecified atom stereocenters. The number of aromatic nitrogens is 2. The maximum absolute atomic E-state index is 12.6. The molecule has 1 atom stereocenters. The van der Waals surface area contributed by atoms with E-state index in [1.54, 1.807) is 11.3 Å². The summed E-state index contributed by atoms with van der Waals surface area (Å²) in [5.41, 5.74) is 3.71. The van der Waals surface area contributed by atoms with Gasteiger partial charge in [0.2, 0.25) is 0 Å². The Hall–Kier alpha value is -2.57. The second-order valence-electron chi connectivity index (χ2n) is 6.29. The van der Waals surface area contributed by atoms with Gasteiger partial charge in [-0.05, 0) is 36.6 Å². The molecule has 2 heterocycles. The lowest BCUT2D eigenvalue weighted by atomic mass is 9.98. The van der Waals surface area contributed by atoms with Gasteiger partial charge in [0.25, 0.3) is 5.91 Å². The van der Waals surface area contributed by atoms with Crippen LogP contribution in [0.15, 0.2) is 48.5 Å². The molecule has 1 aromatic heterocycles. The Morgan fingerprint density at radius 1 is 1.15 bits per heavy atom. The highest BCUT2D eigenvalue weighted by molar-refractivity contribution is 7.14. The van der Waals surface area contributed by atoms with Gasteiger partial charge in [-0.2, -0.15) is 0 Å². The van der Waals surface area contributed by atoms with E-state index in [-0.39, 0.29) is 11.9 Å². The van der Waals surface area contributed by atoms with E-state index in [9.17, 15) is 4.79 Å². The fourth-order valence-electron chi connectivity index (χ4n) is 3.07. The van der Waals surface area contributed by atoms with E-state index >= 15 is 0 Å². The fraction of sp³-hybridized carbons (Fsp3) is 0.250. The van der Waals surface area contributed by atoms with Crippen LogP contribution in [-0.4, -0.2) is 35.4 Å². The standard InChI is InChI=1S/C20H19N3O2S/c1-13-22-23-20(26-13)18-8-3-2-7-17(18)14-5-4-6-15(11-14)19(24)21-16-9-10-25-12-16/h2-8,11,16H,9-10,12H2,1H3,(H,21,24)/t16-/m0/s1. The van der Waals surface area contributed by atoms with Crippen LogP contribution in [0.5, 0.6) is 0 Å². The molecule has 1 amide bonds. The quantitative estimate of drug-likeness (QED) is 0.766. The maximum atomic E-state index is 12.6. The molecule has 4 rings (SSSR count). The lowest BCUT2D eigenvalue weighted by Gasteiger charge is -2.12. The molecule has 26 heavy (non-hydrogen) atoms. The van der Waals surface area contributed by atoms with Gasteiger partial charge in [-0.1, -0.05) is 47.7 Å². The third kappa shape index (κ3) is 3.52. The molecule has 1 saturated heterocycles. The number of rotatable bonds is 4. The number of amides is 1. The molecule has 132 valence electrons. The summed E-state index contributed by atoms with van der Waals surface area (Å²) in [6.07, 6.45) is 0.866. The number of hydrogen-bond donors (Lipinski definition) is 1. The van der Waals surface area contributed by atoms with Gasteiger partial charge in [0.05, 0.1) is 12.6 Å². The molecule has 1 aliphatic heterocycles. The lowest BCUT2D eigenvalue weighted by molar-refractivity contribution is 0.0930. The van der Waals surface area contributed by atoms with Crippen molar-refractivity contribution < 1.29 is 9.53 Å². The Morgan fingerprint density at radius 3 is 2.73 bits per heavy atom. The van der Waals surface area contributed by atoms with Crippen molar-refractivity contribution >= 4 is 17.2 Å². The zero-order valence-electron chi connectivity index (χ0n) is 14.4. The van der Waals surface area contributed by atoms with Crippen molar-refractivity contribution in [1.29, 1.82) is 0 Å².